The van der Waals surface area contributed by atoms with Crippen LogP contribution in [0.25, 0.3) is 0 Å². The second-order valence-electron chi connectivity index (χ2n) is 2.60. The number of rotatable bonds is 4. The summed E-state index contributed by atoms with van der Waals surface area (Å²) in [5.41, 5.74) is 0.700. The summed E-state index contributed by atoms with van der Waals surface area (Å²) in [5.74, 6) is -1.37. The van der Waals surface area contributed by atoms with E-state index in [1.54, 1.807) is 6.92 Å². The minimum absolute atomic E-state index is 0. The number of methoxy groups -OCH3 is 2. The molecular formula is C9H13NaO4. The largest absolute Gasteiger partial charge is 1.00 e. The molecule has 0 N–H and O–H groups in total. The molecule has 0 heterocycles. The fourth-order valence-electron chi connectivity index (χ4n) is 0.776. The number of hydrogen-bond acceptors (Lipinski definition) is 4. The van der Waals surface area contributed by atoms with Gasteiger partial charge in [0.25, 0.3) is 0 Å². The van der Waals surface area contributed by atoms with Gasteiger partial charge in [-0.15, -0.1) is 18.6 Å². The topological polar surface area (TPSA) is 52.6 Å². The summed E-state index contributed by atoms with van der Waals surface area (Å²) < 4.78 is 8.84. The second kappa shape index (κ2) is 7.91. The molecule has 0 rings (SSSR count). The van der Waals surface area contributed by atoms with Gasteiger partial charge in [-0.2, -0.15) is 5.92 Å². The zero-order valence-electron chi connectivity index (χ0n) is 9.05. The Bertz CT molecular complexity index is 209. The predicted octanol–water partition coefficient (Wildman–Crippen LogP) is -2.12. The average molecular weight is 208 g/mol. The van der Waals surface area contributed by atoms with Crippen LogP contribution in [-0.4, -0.2) is 26.2 Å². The Morgan fingerprint density at radius 3 is 1.79 bits per heavy atom. The van der Waals surface area contributed by atoms with Crippen molar-refractivity contribution < 1.29 is 48.6 Å². The summed E-state index contributed by atoms with van der Waals surface area (Å²) in [6, 6.07) is 0. The van der Waals surface area contributed by atoms with Crippen molar-refractivity contribution in [3.8, 4) is 0 Å². The van der Waals surface area contributed by atoms with E-state index in [9.17, 15) is 9.59 Å². The van der Waals surface area contributed by atoms with Crippen LogP contribution in [0.1, 0.15) is 13.3 Å². The second-order valence-corrected chi connectivity index (χ2v) is 2.60. The number of hydrogen-bond donors (Lipinski definition) is 0. The fraction of sp³-hybridized carbons (Fsp3) is 0.444. The Morgan fingerprint density at radius 1 is 1.21 bits per heavy atom. The third-order valence-corrected chi connectivity index (χ3v) is 1.34. The molecule has 0 bridgehead atoms. The van der Waals surface area contributed by atoms with Crippen LogP contribution in [0.4, 0.5) is 0 Å². The maximum Gasteiger partial charge on any atom is 1.00 e. The van der Waals surface area contributed by atoms with Crippen molar-refractivity contribution in [1.82, 2.24) is 0 Å². The normalized spacial score (nSPS) is 8.21. The van der Waals surface area contributed by atoms with E-state index in [-0.39, 0.29) is 41.9 Å². The van der Waals surface area contributed by atoms with Crippen molar-refractivity contribution in [1.29, 1.82) is 0 Å². The van der Waals surface area contributed by atoms with E-state index in [1.807, 2.05) is 0 Å². The van der Waals surface area contributed by atoms with Crippen molar-refractivity contribution in [2.24, 2.45) is 0 Å². The Morgan fingerprint density at radius 2 is 1.57 bits per heavy atom. The van der Waals surface area contributed by atoms with Crippen molar-refractivity contribution in [3.05, 3.63) is 18.1 Å². The Labute approximate surface area is 106 Å². The van der Waals surface area contributed by atoms with Crippen molar-refractivity contribution in [2.75, 3.05) is 14.2 Å². The first-order chi connectivity index (χ1) is 6.02. The number of allylic oxidation sites excluding steroid dienone is 1. The zero-order chi connectivity index (χ0) is 10.4. The summed E-state index contributed by atoms with van der Waals surface area (Å²) in [7, 11) is 2.42. The van der Waals surface area contributed by atoms with E-state index in [2.05, 4.69) is 16.1 Å². The first-order valence-electron chi connectivity index (χ1n) is 3.69. The Balaban J connectivity index is 0. The minimum atomic E-state index is -0.671. The van der Waals surface area contributed by atoms with Gasteiger partial charge in [0.1, 0.15) is 0 Å². The van der Waals surface area contributed by atoms with Crippen LogP contribution in [-0.2, 0) is 19.1 Å². The molecule has 0 aliphatic carbocycles. The first-order valence-corrected chi connectivity index (χ1v) is 3.69. The molecule has 14 heavy (non-hydrogen) atoms. The van der Waals surface area contributed by atoms with Gasteiger partial charge < -0.3 is 9.47 Å². The number of carbonyl (C=O) groups excluding carboxylic acids is 2. The van der Waals surface area contributed by atoms with E-state index >= 15 is 0 Å². The van der Waals surface area contributed by atoms with E-state index in [1.165, 1.54) is 14.2 Å². The smallest absolute Gasteiger partial charge is 0.491 e. The van der Waals surface area contributed by atoms with Gasteiger partial charge in [-0.05, 0) is 6.92 Å². The van der Waals surface area contributed by atoms with Gasteiger partial charge in [0, 0.05) is 0 Å². The van der Waals surface area contributed by atoms with Gasteiger partial charge >= 0.3 is 29.6 Å². The molecule has 0 spiro atoms. The van der Waals surface area contributed by atoms with E-state index < -0.39 is 11.9 Å². The monoisotopic (exact) mass is 208 g/mol. The van der Waals surface area contributed by atoms with Crippen LogP contribution < -0.4 is 29.6 Å². The molecule has 0 aromatic carbocycles. The molecule has 0 aromatic heterocycles. The average Bonchev–Trinajstić information content (AvgIpc) is 2.11. The van der Waals surface area contributed by atoms with Crippen LogP contribution in [0.3, 0.4) is 0 Å². The third-order valence-electron chi connectivity index (χ3n) is 1.34. The van der Waals surface area contributed by atoms with E-state index in [0.29, 0.717) is 5.57 Å². The standard InChI is InChI=1S/C9H13O4.Na/c1-6(2)5-7(8(10)12-3)9(11)13-4;/h1,5H2,2-4H3;/q-1;+1. The van der Waals surface area contributed by atoms with Crippen LogP contribution in [0.15, 0.2) is 12.2 Å². The van der Waals surface area contributed by atoms with Gasteiger partial charge in [0.15, 0.2) is 11.9 Å². The van der Waals surface area contributed by atoms with Crippen molar-refractivity contribution >= 4 is 11.9 Å². The Kier molecular flexibility index (Phi) is 9.04. The molecule has 0 aliphatic rings. The minimum Gasteiger partial charge on any atom is -0.491 e. The maximum absolute atomic E-state index is 11.0. The SMILES string of the molecule is C=C(C)C[C-](C(=O)OC)C(=O)OC.[Na+]. The molecule has 74 valence electrons. The van der Waals surface area contributed by atoms with E-state index in [0.717, 1.165) is 0 Å². The number of esters is 2. The first kappa shape index (κ1) is 16.0. The molecule has 0 amide bonds. The van der Waals surface area contributed by atoms with Crippen LogP contribution in [0.5, 0.6) is 0 Å². The summed E-state index contributed by atoms with van der Waals surface area (Å²) >= 11 is 0. The zero-order valence-corrected chi connectivity index (χ0v) is 11.0. The van der Waals surface area contributed by atoms with Gasteiger partial charge in [-0.1, -0.05) is 0 Å². The molecule has 5 heteroatoms. The molecule has 0 saturated carbocycles. The van der Waals surface area contributed by atoms with Crippen LogP contribution >= 0.6 is 0 Å². The van der Waals surface area contributed by atoms with Crippen molar-refractivity contribution in [2.45, 2.75) is 13.3 Å². The summed E-state index contributed by atoms with van der Waals surface area (Å²) in [4.78, 5) is 22.1. The molecular weight excluding hydrogens is 195 g/mol. The third kappa shape index (κ3) is 5.32. The van der Waals surface area contributed by atoms with E-state index in [4.69, 9.17) is 0 Å². The maximum atomic E-state index is 11.0. The predicted molar refractivity (Wildman–Crippen MR) is 46.7 cm³/mol. The van der Waals surface area contributed by atoms with Gasteiger partial charge in [0.2, 0.25) is 0 Å². The number of carbonyl (C=O) groups is 2. The fourth-order valence-corrected chi connectivity index (χ4v) is 0.776. The summed E-state index contributed by atoms with van der Waals surface area (Å²) in [6.07, 6.45) is 0.180. The summed E-state index contributed by atoms with van der Waals surface area (Å²) in [5, 5.41) is 0. The van der Waals surface area contributed by atoms with Crippen LogP contribution in [0, 0.1) is 5.92 Å². The molecule has 0 saturated heterocycles. The summed E-state index contributed by atoms with van der Waals surface area (Å²) in [6.45, 7) is 5.31. The molecule has 0 radical (unpaired) electrons. The molecule has 0 unspecified atom stereocenters. The molecule has 0 aromatic rings. The molecule has 0 atom stereocenters. The van der Waals surface area contributed by atoms with Gasteiger partial charge in [-0.25, -0.2) is 0 Å². The van der Waals surface area contributed by atoms with Gasteiger partial charge in [0.05, 0.1) is 14.2 Å². The van der Waals surface area contributed by atoms with Gasteiger partial charge in [-0.3, -0.25) is 9.59 Å². The Hall–Kier alpha value is -0.450. The molecule has 0 fully saturated rings. The number of ether oxygens (including phenoxy) is 2. The molecule has 4 nitrogen and oxygen atoms in total. The quantitative estimate of drug-likeness (QED) is 0.174. The van der Waals surface area contributed by atoms with Crippen molar-refractivity contribution in [3.63, 3.8) is 0 Å². The molecule has 0 aliphatic heterocycles. The van der Waals surface area contributed by atoms with Crippen LogP contribution in [0.2, 0.25) is 0 Å².